The van der Waals surface area contributed by atoms with E-state index in [0.29, 0.717) is 29.3 Å². The van der Waals surface area contributed by atoms with Gasteiger partial charge < -0.3 is 25.5 Å². The van der Waals surface area contributed by atoms with Crippen LogP contribution in [0.25, 0.3) is 22.2 Å². The molecule has 148 valence electrons. The Kier molecular flexibility index (Phi) is 5.56. The molecular weight excluding hydrogens is 358 g/mol. The number of aromatic hydroxyl groups is 1. The van der Waals surface area contributed by atoms with Gasteiger partial charge in [0.25, 0.3) is 5.56 Å². The van der Waals surface area contributed by atoms with Crippen LogP contribution in [0.4, 0.5) is 0 Å². The number of fused-ring (bicyclic) bond motifs is 1. The van der Waals surface area contributed by atoms with Crippen molar-refractivity contribution < 1.29 is 15.0 Å². The third-order valence-electron chi connectivity index (χ3n) is 5.08. The fraction of sp³-hybridized carbons (Fsp3) is 0.333. The van der Waals surface area contributed by atoms with Crippen LogP contribution < -0.4 is 10.9 Å². The fourth-order valence-corrected chi connectivity index (χ4v) is 3.28. The largest absolute Gasteiger partial charge is 0.506 e. The Hall–Kier alpha value is -3.06. The van der Waals surface area contributed by atoms with Crippen LogP contribution in [0, 0.1) is 0 Å². The number of carboxylic acid groups (broad SMARTS) is 1. The Morgan fingerprint density at radius 2 is 1.96 bits per heavy atom. The molecule has 0 saturated heterocycles. The maximum Gasteiger partial charge on any atom is 0.345 e. The Morgan fingerprint density at radius 3 is 2.61 bits per heavy atom. The van der Waals surface area contributed by atoms with E-state index in [1.54, 1.807) is 6.92 Å². The van der Waals surface area contributed by atoms with Gasteiger partial charge in [0.1, 0.15) is 5.75 Å². The maximum absolute atomic E-state index is 12.2. The van der Waals surface area contributed by atoms with Crippen LogP contribution >= 0.6 is 0 Å². The van der Waals surface area contributed by atoms with E-state index in [1.165, 1.54) is 0 Å². The minimum atomic E-state index is -1.45. The number of hydrogen-bond donors (Lipinski definition) is 5. The summed E-state index contributed by atoms with van der Waals surface area (Å²) in [7, 11) is 0. The number of H-pyrrole nitrogens is 2. The van der Waals surface area contributed by atoms with Gasteiger partial charge in [-0.3, -0.25) is 4.79 Å². The molecule has 7 heteroatoms. The van der Waals surface area contributed by atoms with Gasteiger partial charge in [-0.2, -0.15) is 0 Å². The lowest BCUT2D eigenvalue weighted by Crippen LogP contribution is -2.24. The summed E-state index contributed by atoms with van der Waals surface area (Å²) < 4.78 is 0. The number of aromatic nitrogens is 2. The Morgan fingerprint density at radius 1 is 1.21 bits per heavy atom. The first kappa shape index (κ1) is 19.7. The lowest BCUT2D eigenvalue weighted by Gasteiger charge is -2.12. The molecule has 7 nitrogen and oxygen atoms in total. The monoisotopic (exact) mass is 383 g/mol. The van der Waals surface area contributed by atoms with E-state index < -0.39 is 22.8 Å². The molecule has 3 rings (SSSR count). The van der Waals surface area contributed by atoms with Gasteiger partial charge in [0, 0.05) is 34.9 Å². The quantitative estimate of drug-likeness (QED) is 0.429. The predicted molar refractivity (Wildman–Crippen MR) is 109 cm³/mol. The van der Waals surface area contributed by atoms with Crippen molar-refractivity contribution in [1.82, 2.24) is 15.3 Å². The molecule has 0 aliphatic rings. The average molecular weight is 383 g/mol. The van der Waals surface area contributed by atoms with Crippen molar-refractivity contribution in [2.24, 2.45) is 0 Å². The van der Waals surface area contributed by atoms with E-state index in [4.69, 9.17) is 0 Å². The first-order valence-corrected chi connectivity index (χ1v) is 9.42. The van der Waals surface area contributed by atoms with Crippen molar-refractivity contribution in [2.75, 3.05) is 0 Å². The molecule has 0 saturated carbocycles. The summed E-state index contributed by atoms with van der Waals surface area (Å²) in [5.41, 5.74) is 2.07. The van der Waals surface area contributed by atoms with Gasteiger partial charge in [0.05, 0.1) is 5.69 Å². The second-order valence-electron chi connectivity index (χ2n) is 6.98. The van der Waals surface area contributed by atoms with Crippen LogP contribution in [-0.2, 0) is 13.0 Å². The van der Waals surface area contributed by atoms with E-state index in [9.17, 15) is 19.8 Å². The van der Waals surface area contributed by atoms with Crippen molar-refractivity contribution in [3.63, 3.8) is 0 Å². The summed E-state index contributed by atoms with van der Waals surface area (Å²) in [6.45, 7) is 6.79. The number of hydrogen-bond acceptors (Lipinski definition) is 4. The molecule has 5 N–H and O–H groups in total. The molecule has 0 aliphatic carbocycles. The number of aromatic carboxylic acids is 1. The Bertz CT molecular complexity index is 1080. The van der Waals surface area contributed by atoms with Crippen LogP contribution in [-0.4, -0.2) is 32.2 Å². The topological polar surface area (TPSA) is 118 Å². The summed E-state index contributed by atoms with van der Waals surface area (Å²) >= 11 is 0. The standard InChI is InChI=1S/C21H25N3O4/c1-4-11(3)22-10-14-8-12-6-7-13(9-16(12)23-14)18-15(5-2)19(25)17(21(27)28)20(26)24-18/h6-9,11,22-23H,4-5,10H2,1-3H3,(H,27,28)(H2,24,25,26). The molecule has 0 amide bonds. The van der Waals surface area contributed by atoms with Crippen molar-refractivity contribution in [2.45, 2.75) is 46.2 Å². The number of aromatic amines is 2. The molecule has 2 aromatic heterocycles. The van der Waals surface area contributed by atoms with Gasteiger partial charge >= 0.3 is 5.97 Å². The number of carboxylic acids is 1. The Balaban J connectivity index is 2.04. The number of carbonyl (C=O) groups is 1. The number of pyridine rings is 1. The van der Waals surface area contributed by atoms with Crippen LogP contribution in [0.15, 0.2) is 29.1 Å². The molecule has 0 fully saturated rings. The summed E-state index contributed by atoms with van der Waals surface area (Å²) in [5, 5.41) is 24.0. The zero-order valence-corrected chi connectivity index (χ0v) is 16.2. The zero-order valence-electron chi connectivity index (χ0n) is 16.2. The highest BCUT2D eigenvalue weighted by atomic mass is 16.4. The molecule has 1 atom stereocenters. The summed E-state index contributed by atoms with van der Waals surface area (Å²) in [6.07, 6.45) is 1.43. The highest BCUT2D eigenvalue weighted by Gasteiger charge is 2.22. The van der Waals surface area contributed by atoms with Crippen molar-refractivity contribution >= 4 is 16.9 Å². The number of rotatable bonds is 7. The molecular formula is C21H25N3O4. The fourth-order valence-electron chi connectivity index (χ4n) is 3.28. The first-order valence-electron chi connectivity index (χ1n) is 9.42. The average Bonchev–Trinajstić information content (AvgIpc) is 3.07. The van der Waals surface area contributed by atoms with Gasteiger partial charge in [-0.25, -0.2) is 4.79 Å². The smallest absolute Gasteiger partial charge is 0.345 e. The summed E-state index contributed by atoms with van der Waals surface area (Å²) in [5.74, 6) is -1.92. The van der Waals surface area contributed by atoms with E-state index in [0.717, 1.165) is 29.6 Å². The molecule has 1 unspecified atom stereocenters. The summed E-state index contributed by atoms with van der Waals surface area (Å²) in [4.78, 5) is 29.5. The van der Waals surface area contributed by atoms with Crippen LogP contribution in [0.5, 0.6) is 5.75 Å². The molecule has 0 aliphatic heterocycles. The highest BCUT2D eigenvalue weighted by Crippen LogP contribution is 2.31. The van der Waals surface area contributed by atoms with Gasteiger partial charge in [0.2, 0.25) is 0 Å². The Labute approximate surface area is 162 Å². The second kappa shape index (κ2) is 7.90. The third-order valence-corrected chi connectivity index (χ3v) is 5.08. The molecule has 0 radical (unpaired) electrons. The number of benzene rings is 1. The van der Waals surface area contributed by atoms with E-state index in [2.05, 4.69) is 35.2 Å². The molecule has 0 spiro atoms. The van der Waals surface area contributed by atoms with E-state index in [1.807, 2.05) is 18.2 Å². The van der Waals surface area contributed by atoms with Crippen LogP contribution in [0.1, 0.15) is 48.8 Å². The van der Waals surface area contributed by atoms with Gasteiger partial charge in [-0.05, 0) is 37.3 Å². The molecule has 0 bridgehead atoms. The molecule has 2 heterocycles. The molecule has 1 aromatic carbocycles. The SMILES string of the molecule is CCc1c(-c2ccc3cc(CNC(C)CC)[nH]c3c2)[nH]c(=O)c(C(=O)O)c1O. The van der Waals surface area contributed by atoms with E-state index in [-0.39, 0.29) is 0 Å². The van der Waals surface area contributed by atoms with Crippen molar-refractivity contribution in [3.05, 3.63) is 51.4 Å². The van der Waals surface area contributed by atoms with Gasteiger partial charge in [-0.1, -0.05) is 26.0 Å². The van der Waals surface area contributed by atoms with Crippen LogP contribution in [0.2, 0.25) is 0 Å². The lowest BCUT2D eigenvalue weighted by molar-refractivity contribution is 0.0691. The normalized spacial score (nSPS) is 12.4. The highest BCUT2D eigenvalue weighted by molar-refractivity contribution is 5.92. The lowest BCUT2D eigenvalue weighted by atomic mass is 10.00. The minimum Gasteiger partial charge on any atom is -0.506 e. The molecule has 3 aromatic rings. The molecule has 28 heavy (non-hydrogen) atoms. The van der Waals surface area contributed by atoms with Crippen molar-refractivity contribution in [1.29, 1.82) is 0 Å². The number of nitrogens with one attached hydrogen (secondary N) is 3. The zero-order chi connectivity index (χ0) is 20.4. The maximum atomic E-state index is 12.2. The van der Waals surface area contributed by atoms with Gasteiger partial charge in [0.15, 0.2) is 5.56 Å². The van der Waals surface area contributed by atoms with Crippen LogP contribution in [0.3, 0.4) is 0 Å². The third kappa shape index (κ3) is 3.66. The first-order chi connectivity index (χ1) is 13.3. The summed E-state index contributed by atoms with van der Waals surface area (Å²) in [6, 6.07) is 8.19. The predicted octanol–water partition coefficient (Wildman–Crippen LogP) is 3.38. The second-order valence-corrected chi connectivity index (χ2v) is 6.98. The van der Waals surface area contributed by atoms with Gasteiger partial charge in [-0.15, -0.1) is 0 Å². The minimum absolute atomic E-state index is 0.380. The van der Waals surface area contributed by atoms with Crippen molar-refractivity contribution in [3.8, 4) is 17.0 Å². The van der Waals surface area contributed by atoms with E-state index >= 15 is 0 Å².